The molecule has 30 heavy (non-hydrogen) atoms. The topological polar surface area (TPSA) is 53.1 Å². The lowest BCUT2D eigenvalue weighted by Crippen LogP contribution is -2.41. The fraction of sp³-hybridized carbons (Fsp3) is 0.364. The van der Waals surface area contributed by atoms with Crippen molar-refractivity contribution >= 4 is 29.5 Å². The molecule has 0 radical (unpaired) electrons. The maximum atomic E-state index is 13.3. The Morgan fingerprint density at radius 1 is 1.30 bits per heavy atom. The van der Waals surface area contributed by atoms with Gasteiger partial charge in [0.15, 0.2) is 4.77 Å². The number of nitrogens with zero attached hydrogens (tertiary/aromatic N) is 2. The molecule has 1 aliphatic rings. The molecule has 3 aromatic rings. The number of thiophene rings is 1. The molecule has 0 saturated carbocycles. The number of carbonyl (C=O) groups is 1. The molecule has 158 valence electrons. The van der Waals surface area contributed by atoms with Gasteiger partial charge in [0.1, 0.15) is 11.5 Å². The molecule has 1 aliphatic heterocycles. The van der Waals surface area contributed by atoms with Crippen LogP contribution in [0.5, 0.6) is 0 Å². The predicted molar refractivity (Wildman–Crippen MR) is 120 cm³/mol. The fourth-order valence-electron chi connectivity index (χ4n) is 3.89. The number of hydrogen-bond acceptors (Lipinski definition) is 4. The minimum absolute atomic E-state index is 0.155. The summed E-state index contributed by atoms with van der Waals surface area (Å²) in [5.74, 6) is 0.208. The van der Waals surface area contributed by atoms with Crippen LogP contribution >= 0.6 is 23.6 Å². The van der Waals surface area contributed by atoms with Gasteiger partial charge in [-0.15, -0.1) is 11.3 Å². The maximum Gasteiger partial charge on any atom is 0.269 e. The van der Waals surface area contributed by atoms with Crippen LogP contribution in [0.2, 0.25) is 0 Å². The van der Waals surface area contributed by atoms with E-state index in [4.69, 9.17) is 12.2 Å². The second-order valence-electron chi connectivity index (χ2n) is 7.75. The molecule has 0 bridgehead atoms. The summed E-state index contributed by atoms with van der Waals surface area (Å²) in [6.45, 7) is 4.89. The average Bonchev–Trinajstić information content (AvgIpc) is 3.40. The van der Waals surface area contributed by atoms with Crippen LogP contribution in [0.15, 0.2) is 48.0 Å². The van der Waals surface area contributed by atoms with E-state index in [1.807, 2.05) is 0 Å². The van der Waals surface area contributed by atoms with Gasteiger partial charge in [-0.05, 0) is 79.8 Å². The molecule has 2 aromatic heterocycles. The number of rotatable bonds is 6. The van der Waals surface area contributed by atoms with Crippen molar-refractivity contribution in [1.29, 1.82) is 0 Å². The smallest absolute Gasteiger partial charge is 0.269 e. The zero-order chi connectivity index (χ0) is 21.1. The Bertz CT molecular complexity index is 1030. The first-order valence-corrected chi connectivity index (χ1v) is 11.4. The number of imidazole rings is 1. The highest BCUT2D eigenvalue weighted by atomic mass is 32.1. The number of hydrogen-bond donors (Lipinski definition) is 2. The van der Waals surface area contributed by atoms with E-state index in [9.17, 15) is 9.18 Å². The van der Waals surface area contributed by atoms with Crippen molar-refractivity contribution in [3.63, 3.8) is 0 Å². The summed E-state index contributed by atoms with van der Waals surface area (Å²) in [5, 5.41) is 5.17. The van der Waals surface area contributed by atoms with E-state index >= 15 is 0 Å². The first-order valence-electron chi connectivity index (χ1n) is 10.1. The number of likely N-dealkylation sites (tertiary alicyclic amines) is 1. The molecule has 1 amide bonds. The summed E-state index contributed by atoms with van der Waals surface area (Å²) in [6, 6.07) is 10.3. The molecular formula is C22H25FN4OS2. The number of benzene rings is 1. The van der Waals surface area contributed by atoms with Crippen LogP contribution in [-0.2, 0) is 0 Å². The number of piperidine rings is 1. The van der Waals surface area contributed by atoms with Gasteiger partial charge in [0.25, 0.3) is 5.91 Å². The first kappa shape index (κ1) is 21.0. The number of halogens is 1. The Balaban J connectivity index is 1.52. The van der Waals surface area contributed by atoms with Gasteiger partial charge in [-0.25, -0.2) is 4.39 Å². The molecule has 0 aliphatic carbocycles. The van der Waals surface area contributed by atoms with Crippen LogP contribution in [-0.4, -0.2) is 40.0 Å². The van der Waals surface area contributed by atoms with Gasteiger partial charge in [-0.1, -0.05) is 13.0 Å². The Morgan fingerprint density at radius 3 is 2.70 bits per heavy atom. The Morgan fingerprint density at radius 2 is 2.03 bits per heavy atom. The van der Waals surface area contributed by atoms with Crippen molar-refractivity contribution in [2.45, 2.75) is 25.8 Å². The van der Waals surface area contributed by atoms with E-state index in [1.54, 1.807) is 34.2 Å². The number of carbonyl (C=O) groups excluding carboxylic acids is 1. The van der Waals surface area contributed by atoms with Crippen LogP contribution in [0.1, 0.15) is 41.2 Å². The molecule has 1 saturated heterocycles. The zero-order valence-corrected chi connectivity index (χ0v) is 18.4. The van der Waals surface area contributed by atoms with E-state index in [0.29, 0.717) is 22.7 Å². The minimum atomic E-state index is -0.332. The largest absolute Gasteiger partial charge is 0.349 e. The molecule has 1 atom stereocenters. The van der Waals surface area contributed by atoms with Gasteiger partial charge >= 0.3 is 0 Å². The molecule has 1 unspecified atom stereocenters. The van der Waals surface area contributed by atoms with Gasteiger partial charge in [0, 0.05) is 23.3 Å². The highest BCUT2D eigenvalue weighted by molar-refractivity contribution is 7.71. The van der Waals surface area contributed by atoms with Gasteiger partial charge in [0.2, 0.25) is 0 Å². The predicted octanol–water partition coefficient (Wildman–Crippen LogP) is 4.94. The van der Waals surface area contributed by atoms with Crippen LogP contribution in [0, 0.1) is 16.5 Å². The van der Waals surface area contributed by atoms with E-state index in [0.717, 1.165) is 19.0 Å². The van der Waals surface area contributed by atoms with E-state index < -0.39 is 0 Å². The molecule has 1 fully saturated rings. The number of amides is 1. The van der Waals surface area contributed by atoms with Gasteiger partial charge in [-0.2, -0.15) is 0 Å². The number of aromatic amines is 1. The number of nitrogens with one attached hydrogen (secondary N) is 2. The average molecular weight is 445 g/mol. The number of H-pyrrole nitrogens is 1. The standard InChI is InChI=1S/C22H25FN4OS2/c1-15-8-10-26(11-9-15)18(20-3-2-12-30-20)13-24-21(28)19-14-25-22(29)27(19)17-6-4-16(23)5-7-17/h2-7,12,14-15,18H,8-11,13H2,1H3,(H,24,28)(H,25,29). The number of aromatic nitrogens is 2. The SMILES string of the molecule is CC1CCN(C(CNC(=O)c2c[nH]c(=S)n2-c2ccc(F)cc2)c2cccs2)CC1. The highest BCUT2D eigenvalue weighted by Gasteiger charge is 2.26. The summed E-state index contributed by atoms with van der Waals surface area (Å²) in [6.07, 6.45) is 3.96. The summed E-state index contributed by atoms with van der Waals surface area (Å²) >= 11 is 7.07. The Labute approximate surface area is 184 Å². The maximum absolute atomic E-state index is 13.3. The minimum Gasteiger partial charge on any atom is -0.349 e. The molecule has 4 rings (SSSR count). The van der Waals surface area contributed by atoms with Gasteiger partial charge in [0.05, 0.1) is 6.04 Å². The van der Waals surface area contributed by atoms with Crippen LogP contribution in [0.25, 0.3) is 5.69 Å². The van der Waals surface area contributed by atoms with Gasteiger partial charge < -0.3 is 10.3 Å². The second-order valence-corrected chi connectivity index (χ2v) is 9.12. The molecule has 2 N–H and O–H groups in total. The fourth-order valence-corrected chi connectivity index (χ4v) is 5.02. The summed E-state index contributed by atoms with van der Waals surface area (Å²) in [7, 11) is 0. The molecule has 1 aromatic carbocycles. The van der Waals surface area contributed by atoms with E-state index in [1.165, 1.54) is 29.9 Å². The Hall–Kier alpha value is -2.29. The monoisotopic (exact) mass is 444 g/mol. The third-order valence-electron chi connectivity index (χ3n) is 5.68. The molecular weight excluding hydrogens is 419 g/mol. The summed E-state index contributed by atoms with van der Waals surface area (Å²) in [4.78, 5) is 19.7. The van der Waals surface area contributed by atoms with Crippen molar-refractivity contribution in [1.82, 2.24) is 19.8 Å². The molecule has 5 nitrogen and oxygen atoms in total. The third-order valence-corrected chi connectivity index (χ3v) is 6.95. The van der Waals surface area contributed by atoms with Crippen LogP contribution in [0.4, 0.5) is 4.39 Å². The van der Waals surface area contributed by atoms with E-state index in [2.05, 4.69) is 39.6 Å². The summed E-state index contributed by atoms with van der Waals surface area (Å²) in [5.41, 5.74) is 1.05. The highest BCUT2D eigenvalue weighted by Crippen LogP contribution is 2.29. The van der Waals surface area contributed by atoms with Crippen molar-refractivity contribution < 1.29 is 9.18 Å². The van der Waals surface area contributed by atoms with Crippen LogP contribution < -0.4 is 5.32 Å². The van der Waals surface area contributed by atoms with Crippen molar-refractivity contribution in [2.24, 2.45) is 5.92 Å². The lowest BCUT2D eigenvalue weighted by molar-refractivity contribution is 0.0908. The lowest BCUT2D eigenvalue weighted by atomic mass is 9.97. The first-order chi connectivity index (χ1) is 14.5. The van der Waals surface area contributed by atoms with Gasteiger partial charge in [-0.3, -0.25) is 14.3 Å². The van der Waals surface area contributed by atoms with Crippen molar-refractivity contribution in [2.75, 3.05) is 19.6 Å². The zero-order valence-electron chi connectivity index (χ0n) is 16.8. The van der Waals surface area contributed by atoms with E-state index in [-0.39, 0.29) is 17.8 Å². The van der Waals surface area contributed by atoms with Crippen molar-refractivity contribution in [3.05, 3.63) is 69.1 Å². The summed E-state index contributed by atoms with van der Waals surface area (Å²) < 4.78 is 15.3. The third kappa shape index (κ3) is 4.55. The normalized spacial score (nSPS) is 16.5. The van der Waals surface area contributed by atoms with Crippen LogP contribution in [0.3, 0.4) is 0 Å². The molecule has 3 heterocycles. The van der Waals surface area contributed by atoms with Crippen molar-refractivity contribution in [3.8, 4) is 5.69 Å². The molecule has 8 heteroatoms. The molecule has 0 spiro atoms. The second kappa shape index (κ2) is 9.24. The Kier molecular flexibility index (Phi) is 6.46. The lowest BCUT2D eigenvalue weighted by Gasteiger charge is -2.36. The quantitative estimate of drug-likeness (QED) is 0.530.